The molecule has 0 saturated carbocycles. The highest BCUT2D eigenvalue weighted by atomic mass is 35.5. The van der Waals surface area contributed by atoms with E-state index in [2.05, 4.69) is 5.32 Å². The van der Waals surface area contributed by atoms with E-state index in [9.17, 15) is 0 Å². The topological polar surface area (TPSA) is 51.2 Å². The van der Waals surface area contributed by atoms with Gasteiger partial charge in [0.2, 0.25) is 0 Å². The van der Waals surface area contributed by atoms with Gasteiger partial charge in [0.1, 0.15) is 16.5 Å². The first-order chi connectivity index (χ1) is 8.99. The van der Waals surface area contributed by atoms with E-state index in [1.165, 1.54) is 0 Å². The van der Waals surface area contributed by atoms with E-state index in [4.69, 9.17) is 34.0 Å². The van der Waals surface area contributed by atoms with Crippen LogP contribution in [0, 0.1) is 6.92 Å². The lowest BCUT2D eigenvalue weighted by molar-refractivity contribution is 0.467. The molecule has 5 heteroatoms. The molecule has 100 valence electrons. The summed E-state index contributed by atoms with van der Waals surface area (Å²) in [6.07, 6.45) is 0. The molecule has 19 heavy (non-hydrogen) atoms. The number of halogens is 1. The van der Waals surface area contributed by atoms with Crippen LogP contribution in [-0.2, 0) is 0 Å². The maximum atomic E-state index is 6.13. The molecule has 3 nitrogen and oxygen atoms in total. The van der Waals surface area contributed by atoms with Crippen LogP contribution in [0.2, 0.25) is 5.02 Å². The lowest BCUT2D eigenvalue weighted by Crippen LogP contribution is -2.15. The van der Waals surface area contributed by atoms with Gasteiger partial charge in [-0.05, 0) is 38.1 Å². The smallest absolute Gasteiger partial charge is 0.126 e. The van der Waals surface area contributed by atoms with Crippen molar-refractivity contribution in [2.24, 2.45) is 5.73 Å². The molecule has 0 amide bonds. The highest BCUT2D eigenvalue weighted by Gasteiger charge is 2.14. The van der Waals surface area contributed by atoms with E-state index >= 15 is 0 Å². The average Bonchev–Trinajstić information content (AvgIpc) is 2.75. The summed E-state index contributed by atoms with van der Waals surface area (Å²) in [7, 11) is 0. The van der Waals surface area contributed by atoms with Gasteiger partial charge in [-0.15, -0.1) is 0 Å². The third-order valence-corrected chi connectivity index (χ3v) is 3.34. The fourth-order valence-corrected chi connectivity index (χ4v) is 2.44. The Bertz CT molecular complexity index is 609. The fourth-order valence-electron chi connectivity index (χ4n) is 1.89. The number of thiocarbonyl (C=S) groups is 1. The number of benzene rings is 1. The Morgan fingerprint density at radius 3 is 2.68 bits per heavy atom. The predicted molar refractivity (Wildman–Crippen MR) is 82.8 cm³/mol. The van der Waals surface area contributed by atoms with Gasteiger partial charge in [-0.2, -0.15) is 0 Å². The normalized spacial score (nSPS) is 12.2. The molecular weight excluding hydrogens is 280 g/mol. The molecule has 3 N–H and O–H groups in total. The molecule has 2 rings (SSSR count). The largest absolute Gasteiger partial charge is 0.464 e. The SMILES string of the molecule is Cc1ccc(C(C)Nc2cccc(Cl)c2C(N)=S)o1. The summed E-state index contributed by atoms with van der Waals surface area (Å²) in [5.74, 6) is 1.73. The molecule has 0 aliphatic rings. The summed E-state index contributed by atoms with van der Waals surface area (Å²) in [6, 6.07) is 9.39. The van der Waals surface area contributed by atoms with Crippen LogP contribution in [0.1, 0.15) is 30.0 Å². The van der Waals surface area contributed by atoms with E-state index in [0.29, 0.717) is 10.6 Å². The second-order valence-corrected chi connectivity index (χ2v) is 5.19. The summed E-state index contributed by atoms with van der Waals surface area (Å²) < 4.78 is 5.59. The Kier molecular flexibility index (Phi) is 4.12. The van der Waals surface area contributed by atoms with Crippen LogP contribution < -0.4 is 11.1 Å². The van der Waals surface area contributed by atoms with Crippen molar-refractivity contribution in [3.05, 3.63) is 52.4 Å². The van der Waals surface area contributed by atoms with Gasteiger partial charge in [0.05, 0.1) is 16.6 Å². The first-order valence-corrected chi connectivity index (χ1v) is 6.69. The predicted octanol–water partition coefficient (Wildman–Crippen LogP) is 4.05. The van der Waals surface area contributed by atoms with Gasteiger partial charge in [0.15, 0.2) is 0 Å². The maximum Gasteiger partial charge on any atom is 0.126 e. The van der Waals surface area contributed by atoms with Crippen molar-refractivity contribution in [3.63, 3.8) is 0 Å². The summed E-state index contributed by atoms with van der Waals surface area (Å²) in [6.45, 7) is 3.92. The number of nitrogens with one attached hydrogen (secondary N) is 1. The van der Waals surface area contributed by atoms with Crippen molar-refractivity contribution in [1.82, 2.24) is 0 Å². The molecule has 1 heterocycles. The Hall–Kier alpha value is -1.52. The fraction of sp³-hybridized carbons (Fsp3) is 0.214. The Balaban J connectivity index is 2.28. The lowest BCUT2D eigenvalue weighted by atomic mass is 10.1. The van der Waals surface area contributed by atoms with Crippen LogP contribution in [0.25, 0.3) is 0 Å². The summed E-state index contributed by atoms with van der Waals surface area (Å²) >= 11 is 11.2. The number of anilines is 1. The van der Waals surface area contributed by atoms with Crippen molar-refractivity contribution in [2.75, 3.05) is 5.32 Å². The maximum absolute atomic E-state index is 6.13. The van der Waals surface area contributed by atoms with Crippen LogP contribution in [0.3, 0.4) is 0 Å². The Morgan fingerprint density at radius 1 is 1.37 bits per heavy atom. The van der Waals surface area contributed by atoms with E-state index in [0.717, 1.165) is 17.2 Å². The van der Waals surface area contributed by atoms with Gasteiger partial charge < -0.3 is 15.5 Å². The number of rotatable bonds is 4. The Morgan fingerprint density at radius 2 is 2.11 bits per heavy atom. The molecule has 1 aromatic carbocycles. The molecule has 0 saturated heterocycles. The number of nitrogens with two attached hydrogens (primary N) is 1. The molecule has 0 aliphatic heterocycles. The summed E-state index contributed by atoms with van der Waals surface area (Å²) in [4.78, 5) is 0.274. The van der Waals surface area contributed by atoms with Crippen molar-refractivity contribution >= 4 is 34.5 Å². The zero-order valence-corrected chi connectivity index (χ0v) is 12.3. The highest BCUT2D eigenvalue weighted by Crippen LogP contribution is 2.28. The van der Waals surface area contributed by atoms with Gasteiger partial charge in [-0.25, -0.2) is 0 Å². The molecule has 0 aliphatic carbocycles. The lowest BCUT2D eigenvalue weighted by Gasteiger charge is -2.17. The van der Waals surface area contributed by atoms with Gasteiger partial charge >= 0.3 is 0 Å². The van der Waals surface area contributed by atoms with Crippen LogP contribution in [0.5, 0.6) is 0 Å². The average molecular weight is 295 g/mol. The third kappa shape index (κ3) is 3.08. The van der Waals surface area contributed by atoms with Gasteiger partial charge in [0, 0.05) is 5.69 Å². The van der Waals surface area contributed by atoms with Crippen LogP contribution in [-0.4, -0.2) is 4.99 Å². The van der Waals surface area contributed by atoms with Gasteiger partial charge in [-0.1, -0.05) is 29.9 Å². The summed E-state index contributed by atoms with van der Waals surface area (Å²) in [5.41, 5.74) is 7.19. The van der Waals surface area contributed by atoms with Gasteiger partial charge in [0.25, 0.3) is 0 Å². The number of hydrogen-bond acceptors (Lipinski definition) is 3. The van der Waals surface area contributed by atoms with Crippen molar-refractivity contribution in [1.29, 1.82) is 0 Å². The standard InChI is InChI=1S/C14H15ClN2OS/c1-8-6-7-12(18-8)9(2)17-11-5-3-4-10(15)13(11)14(16)19/h3-7,9,17H,1-2H3,(H2,16,19). The molecule has 0 fully saturated rings. The highest BCUT2D eigenvalue weighted by molar-refractivity contribution is 7.80. The molecular formula is C14H15ClN2OS. The van der Waals surface area contributed by atoms with Crippen LogP contribution in [0.15, 0.2) is 34.7 Å². The Labute approximate surface area is 122 Å². The molecule has 2 aromatic rings. The minimum Gasteiger partial charge on any atom is -0.464 e. The van der Waals surface area contributed by atoms with Gasteiger partial charge in [-0.3, -0.25) is 0 Å². The van der Waals surface area contributed by atoms with E-state index in [1.54, 1.807) is 6.07 Å². The zero-order chi connectivity index (χ0) is 14.0. The molecule has 1 atom stereocenters. The molecule has 1 unspecified atom stereocenters. The number of furan rings is 1. The minimum atomic E-state index is 0.000247. The van der Waals surface area contributed by atoms with Crippen molar-refractivity contribution in [3.8, 4) is 0 Å². The monoisotopic (exact) mass is 294 g/mol. The molecule has 1 aromatic heterocycles. The second kappa shape index (κ2) is 5.63. The molecule has 0 bridgehead atoms. The van der Waals surface area contributed by atoms with Crippen molar-refractivity contribution < 1.29 is 4.42 Å². The number of hydrogen-bond donors (Lipinski definition) is 2. The van der Waals surface area contributed by atoms with Crippen LogP contribution in [0.4, 0.5) is 5.69 Å². The number of aryl methyl sites for hydroxylation is 1. The molecule has 0 spiro atoms. The van der Waals surface area contributed by atoms with E-state index in [-0.39, 0.29) is 11.0 Å². The zero-order valence-electron chi connectivity index (χ0n) is 10.7. The first kappa shape index (κ1) is 13.9. The van der Waals surface area contributed by atoms with E-state index in [1.807, 2.05) is 38.1 Å². The third-order valence-electron chi connectivity index (χ3n) is 2.82. The first-order valence-electron chi connectivity index (χ1n) is 5.90. The summed E-state index contributed by atoms with van der Waals surface area (Å²) in [5, 5.41) is 3.86. The quantitative estimate of drug-likeness (QED) is 0.835. The second-order valence-electron chi connectivity index (χ2n) is 4.34. The van der Waals surface area contributed by atoms with E-state index < -0.39 is 0 Å². The van der Waals surface area contributed by atoms with Crippen LogP contribution >= 0.6 is 23.8 Å². The minimum absolute atomic E-state index is 0.000247. The molecule has 0 radical (unpaired) electrons. The van der Waals surface area contributed by atoms with Crippen molar-refractivity contribution in [2.45, 2.75) is 19.9 Å².